The number of amides is 5. The van der Waals surface area contributed by atoms with E-state index in [1.165, 1.54) is 29.3 Å². The topological polar surface area (TPSA) is 215 Å². The third-order valence-corrected chi connectivity index (χ3v) is 10.5. The van der Waals surface area contributed by atoms with Crippen molar-refractivity contribution in [1.29, 1.82) is 0 Å². The van der Waals surface area contributed by atoms with Crippen LogP contribution in [0, 0.1) is 24.5 Å². The van der Waals surface area contributed by atoms with Crippen molar-refractivity contribution in [2.45, 2.75) is 32.1 Å². The smallest absolute Gasteiger partial charge is 0.277 e. The molecule has 1 aromatic carbocycles. The number of carbonyl (C=O) groups is 5. The third-order valence-electron chi connectivity index (χ3n) is 10.5. The largest absolute Gasteiger partial charge is 0.444 e. The number of piperazine rings is 1. The van der Waals surface area contributed by atoms with E-state index in [0.29, 0.717) is 68.4 Å². The summed E-state index contributed by atoms with van der Waals surface area (Å²) >= 11 is 0. The lowest BCUT2D eigenvalue weighted by atomic mass is 9.89. The Hall–Kier alpha value is -7.05. The average molecular weight is 794 g/mol. The summed E-state index contributed by atoms with van der Waals surface area (Å²) in [5.41, 5.74) is 7.30. The first kappa shape index (κ1) is 37.9. The second kappa shape index (κ2) is 15.5. The molecular weight excluding hydrogens is 756 g/mol. The van der Waals surface area contributed by atoms with Crippen LogP contribution in [0.4, 0.5) is 26.0 Å². The maximum absolute atomic E-state index is 15.2. The number of oxazole rings is 1. The number of piperidine rings is 1. The highest BCUT2D eigenvalue weighted by Gasteiger charge is 2.36. The van der Waals surface area contributed by atoms with Gasteiger partial charge < -0.3 is 30.2 Å². The van der Waals surface area contributed by atoms with Crippen LogP contribution >= 0.6 is 0 Å². The predicted octanol–water partition coefficient (Wildman–Crippen LogP) is 2.95. The molecule has 3 fully saturated rings. The normalized spacial score (nSPS) is 18.4. The van der Waals surface area contributed by atoms with Crippen LogP contribution < -0.4 is 26.2 Å². The van der Waals surface area contributed by atoms with Gasteiger partial charge in [0.15, 0.2) is 11.4 Å². The van der Waals surface area contributed by atoms with Crippen molar-refractivity contribution in [3.63, 3.8) is 0 Å². The van der Waals surface area contributed by atoms with Gasteiger partial charge in [-0.1, -0.05) is 0 Å². The number of nitrogens with one attached hydrogen (secondary N) is 2. The number of nitrogens with zero attached hydrogens (tertiary/aromatic N) is 8. The number of carbonyl (C=O) groups excluding carboxylic acids is 5. The summed E-state index contributed by atoms with van der Waals surface area (Å²) in [5.74, 6) is -4.98. The number of aryl methyl sites for hydroxylation is 1. The van der Waals surface area contributed by atoms with Gasteiger partial charge in [-0.3, -0.25) is 34.3 Å². The van der Waals surface area contributed by atoms with Crippen LogP contribution in [-0.4, -0.2) is 98.4 Å². The number of anilines is 3. The number of imide groups is 1. The van der Waals surface area contributed by atoms with E-state index in [0.717, 1.165) is 5.69 Å². The minimum atomic E-state index is -1.08. The molecule has 0 aliphatic carbocycles. The highest BCUT2D eigenvalue weighted by molar-refractivity contribution is 6.07. The number of hydrogen-bond donors (Lipinski definition) is 3. The van der Waals surface area contributed by atoms with E-state index >= 15 is 8.78 Å². The molecule has 17 nitrogen and oxygen atoms in total. The molecule has 7 heterocycles. The molecular formula is C39H37F2N11O6. The lowest BCUT2D eigenvalue weighted by Crippen LogP contribution is -2.51. The average Bonchev–Trinajstić information content (AvgIpc) is 4.00. The Morgan fingerprint density at radius 2 is 1.72 bits per heavy atom. The summed E-state index contributed by atoms with van der Waals surface area (Å²) in [5, 5.41) is 9.04. The Labute approximate surface area is 329 Å². The van der Waals surface area contributed by atoms with E-state index in [1.54, 1.807) is 46.5 Å². The molecule has 0 unspecified atom stereocenters. The van der Waals surface area contributed by atoms with Gasteiger partial charge in [-0.25, -0.2) is 23.4 Å². The van der Waals surface area contributed by atoms with Crippen molar-refractivity contribution >= 4 is 46.7 Å². The molecule has 58 heavy (non-hydrogen) atoms. The molecule has 8 rings (SSSR count). The molecule has 3 aliphatic heterocycles. The highest BCUT2D eigenvalue weighted by Crippen LogP contribution is 2.34. The molecule has 0 radical (unpaired) electrons. The van der Waals surface area contributed by atoms with Crippen molar-refractivity contribution in [2.24, 2.45) is 11.7 Å². The van der Waals surface area contributed by atoms with Gasteiger partial charge in [-0.2, -0.15) is 5.10 Å². The van der Waals surface area contributed by atoms with Gasteiger partial charge in [0.1, 0.15) is 23.7 Å². The molecule has 4 aromatic heterocycles. The molecule has 3 saturated heterocycles. The lowest BCUT2D eigenvalue weighted by molar-refractivity contribution is -0.135. The SMILES string of the molecule is Cc1cc(-c2nc(C(=O)Nc3cn(-c4ccc(N5CCN(C(=O)[C@@H]6CCN(c7cc(F)c([C@H]8CCC(=O)NC8=O)c(F)c7)C6)CC5)nc4)nc3C(N)=O)co2)ccn1. The summed E-state index contributed by atoms with van der Waals surface area (Å²) in [6, 6.07) is 9.38. The molecule has 0 spiro atoms. The summed E-state index contributed by atoms with van der Waals surface area (Å²) in [4.78, 5) is 81.2. The van der Waals surface area contributed by atoms with Crippen molar-refractivity contribution in [2.75, 3.05) is 54.4 Å². The Morgan fingerprint density at radius 3 is 2.41 bits per heavy atom. The van der Waals surface area contributed by atoms with Gasteiger partial charge in [0.05, 0.1) is 35.6 Å². The van der Waals surface area contributed by atoms with E-state index < -0.39 is 41.2 Å². The van der Waals surface area contributed by atoms with Gasteiger partial charge >= 0.3 is 0 Å². The van der Waals surface area contributed by atoms with E-state index in [9.17, 15) is 24.0 Å². The monoisotopic (exact) mass is 793 g/mol. The summed E-state index contributed by atoms with van der Waals surface area (Å²) in [6.07, 6.45) is 6.37. The van der Waals surface area contributed by atoms with Gasteiger partial charge in [-0.05, 0) is 56.2 Å². The zero-order valence-corrected chi connectivity index (χ0v) is 31.2. The molecule has 0 bridgehead atoms. The van der Waals surface area contributed by atoms with Crippen molar-refractivity contribution in [1.82, 2.24) is 34.9 Å². The maximum Gasteiger partial charge on any atom is 0.277 e. The number of benzene rings is 1. The molecule has 5 aromatic rings. The van der Waals surface area contributed by atoms with Crippen molar-refractivity contribution in [3.05, 3.63) is 95.5 Å². The molecule has 4 N–H and O–H groups in total. The third kappa shape index (κ3) is 7.57. The molecule has 0 saturated carbocycles. The van der Waals surface area contributed by atoms with Gasteiger partial charge in [-0.15, -0.1) is 0 Å². The molecule has 19 heteroatoms. The van der Waals surface area contributed by atoms with Crippen LogP contribution in [0.25, 0.3) is 17.1 Å². The number of hydrogen-bond acceptors (Lipinski definition) is 12. The molecule has 2 atom stereocenters. The number of pyridine rings is 2. The van der Waals surface area contributed by atoms with E-state index in [4.69, 9.17) is 10.2 Å². The predicted molar refractivity (Wildman–Crippen MR) is 203 cm³/mol. The number of halogens is 2. The standard InChI is InChI=1S/C39H37F2N11O6/c1-21-14-22(6-8-43-21)38-46-30(20-58-38)37(56)45-29-19-52(48-34(29)35(42)54)24-2-4-31(44-17-24)49-10-12-50(13-11-49)39(57)23-7-9-51(18-23)25-15-27(40)33(28(41)16-25)26-3-5-32(53)47-36(26)55/h2,4,6,8,14-17,19-20,23,26H,3,5,7,9-13,18H2,1H3,(H2,42,54)(H,45,56)(H,47,53,55)/t23-,26-/m1/s1. The second-order valence-electron chi connectivity index (χ2n) is 14.3. The fourth-order valence-corrected chi connectivity index (χ4v) is 7.52. The van der Waals surface area contributed by atoms with E-state index in [1.807, 2.05) is 11.8 Å². The summed E-state index contributed by atoms with van der Waals surface area (Å²) < 4.78 is 37.2. The number of nitrogens with two attached hydrogens (primary N) is 1. The minimum Gasteiger partial charge on any atom is -0.444 e. The number of rotatable bonds is 9. The fraction of sp³-hybridized carbons (Fsp3) is 0.308. The Bertz CT molecular complexity index is 2420. The zero-order chi connectivity index (χ0) is 40.7. The Balaban J connectivity index is 0.861. The molecule has 298 valence electrons. The minimum absolute atomic E-state index is 0.00356. The van der Waals surface area contributed by atoms with Crippen LogP contribution in [0.2, 0.25) is 0 Å². The van der Waals surface area contributed by atoms with Crippen molar-refractivity contribution < 1.29 is 37.2 Å². The first-order valence-corrected chi connectivity index (χ1v) is 18.6. The zero-order valence-electron chi connectivity index (χ0n) is 31.2. The van der Waals surface area contributed by atoms with E-state index in [2.05, 4.69) is 30.7 Å². The van der Waals surface area contributed by atoms with Gasteiger partial charge in [0.25, 0.3) is 11.8 Å². The van der Waals surface area contributed by atoms with Gasteiger partial charge in [0.2, 0.25) is 23.6 Å². The van der Waals surface area contributed by atoms with Gasteiger partial charge in [0, 0.05) is 74.4 Å². The number of aromatic nitrogens is 5. The Kier molecular flexibility index (Phi) is 10.1. The number of primary amides is 1. The fourth-order valence-electron chi connectivity index (χ4n) is 7.52. The van der Waals surface area contributed by atoms with Crippen LogP contribution in [0.15, 0.2) is 65.7 Å². The molecule has 3 aliphatic rings. The second-order valence-corrected chi connectivity index (χ2v) is 14.3. The van der Waals surface area contributed by atoms with Crippen LogP contribution in [0.5, 0.6) is 0 Å². The summed E-state index contributed by atoms with van der Waals surface area (Å²) in [6.45, 7) is 4.47. The van der Waals surface area contributed by atoms with Crippen LogP contribution in [0.3, 0.4) is 0 Å². The summed E-state index contributed by atoms with van der Waals surface area (Å²) in [7, 11) is 0. The Morgan fingerprint density at radius 1 is 0.948 bits per heavy atom. The maximum atomic E-state index is 15.2. The highest BCUT2D eigenvalue weighted by atomic mass is 19.1. The van der Waals surface area contributed by atoms with E-state index in [-0.39, 0.29) is 53.2 Å². The van der Waals surface area contributed by atoms with Crippen molar-refractivity contribution in [3.8, 4) is 17.1 Å². The first-order valence-electron chi connectivity index (χ1n) is 18.6. The molecule has 5 amide bonds. The first-order chi connectivity index (χ1) is 27.9. The van der Waals surface area contributed by atoms with Crippen LogP contribution in [0.1, 0.15) is 57.4 Å². The van der Waals surface area contributed by atoms with Crippen LogP contribution in [-0.2, 0) is 14.4 Å². The lowest BCUT2D eigenvalue weighted by Gasteiger charge is -2.36. The quantitative estimate of drug-likeness (QED) is 0.184.